The molecule has 0 unspecified atom stereocenters. The highest BCUT2D eigenvalue weighted by molar-refractivity contribution is 5.72. The van der Waals surface area contributed by atoms with Crippen LogP contribution in [-0.2, 0) is 7.05 Å². The van der Waals surface area contributed by atoms with E-state index < -0.39 is 0 Å². The highest BCUT2D eigenvalue weighted by Gasteiger charge is 2.14. The fraction of sp³-hybridized carbons (Fsp3) is 0.118. The monoisotopic (exact) mass is 262 g/mol. The summed E-state index contributed by atoms with van der Waals surface area (Å²) in [6, 6.07) is 16.9. The molecule has 0 amide bonds. The Morgan fingerprint density at radius 3 is 2.50 bits per heavy atom. The van der Waals surface area contributed by atoms with Gasteiger partial charge in [-0.15, -0.1) is 0 Å². The molecule has 0 radical (unpaired) electrons. The highest BCUT2D eigenvalue weighted by Crippen LogP contribution is 2.27. The number of hydrogen-bond acceptors (Lipinski definition) is 2. The Kier molecular flexibility index (Phi) is 3.25. The average Bonchev–Trinajstić information content (AvgIpc) is 2.49. The van der Waals surface area contributed by atoms with Crippen molar-refractivity contribution in [2.45, 2.75) is 6.92 Å². The zero-order valence-electron chi connectivity index (χ0n) is 11.6. The first-order valence-corrected chi connectivity index (χ1v) is 6.58. The summed E-state index contributed by atoms with van der Waals surface area (Å²) in [6.45, 7) is 2.11. The van der Waals surface area contributed by atoms with Crippen LogP contribution in [0, 0.1) is 6.92 Å². The van der Waals surface area contributed by atoms with Gasteiger partial charge in [0.2, 0.25) is 0 Å². The second-order valence-corrected chi connectivity index (χ2v) is 4.81. The fourth-order valence-electron chi connectivity index (χ4n) is 2.31. The lowest BCUT2D eigenvalue weighted by Gasteiger charge is -2.07. The molecule has 0 N–H and O–H groups in total. The van der Waals surface area contributed by atoms with Crippen LogP contribution in [0.15, 0.2) is 61.1 Å². The molecule has 0 saturated carbocycles. The maximum absolute atomic E-state index is 4.20. The molecule has 0 atom stereocenters. The molecule has 3 nitrogen and oxygen atoms in total. The maximum Gasteiger partial charge on any atom is 0.257 e. The predicted octanol–water partition coefficient (Wildman–Crippen LogP) is 2.94. The molecule has 0 aliphatic carbocycles. The molecule has 1 aromatic heterocycles. The molecule has 98 valence electrons. The highest BCUT2D eigenvalue weighted by atomic mass is 15.3. The van der Waals surface area contributed by atoms with Crippen LogP contribution in [0.5, 0.6) is 0 Å². The fourth-order valence-corrected chi connectivity index (χ4v) is 2.31. The summed E-state index contributed by atoms with van der Waals surface area (Å²) in [4.78, 5) is 4.13. The lowest BCUT2D eigenvalue weighted by atomic mass is 9.98. The number of aromatic nitrogens is 3. The molecule has 0 aliphatic rings. The minimum atomic E-state index is 1.02. The van der Waals surface area contributed by atoms with Crippen molar-refractivity contribution >= 4 is 0 Å². The lowest BCUT2D eigenvalue weighted by molar-refractivity contribution is -0.721. The van der Waals surface area contributed by atoms with E-state index in [9.17, 15) is 0 Å². The molecular formula is C17H16N3+. The van der Waals surface area contributed by atoms with Crippen molar-refractivity contribution in [2.24, 2.45) is 7.05 Å². The molecule has 0 saturated heterocycles. The summed E-state index contributed by atoms with van der Waals surface area (Å²) in [7, 11) is 1.94. The van der Waals surface area contributed by atoms with Crippen molar-refractivity contribution in [3.8, 4) is 22.4 Å². The van der Waals surface area contributed by atoms with Crippen LogP contribution in [0.1, 0.15) is 5.56 Å². The Hall–Kier alpha value is -2.55. The van der Waals surface area contributed by atoms with Gasteiger partial charge in [-0.2, -0.15) is 0 Å². The summed E-state index contributed by atoms with van der Waals surface area (Å²) < 4.78 is 1.85. The quantitative estimate of drug-likeness (QED) is 0.665. The minimum Gasteiger partial charge on any atom is -0.232 e. The normalized spacial score (nSPS) is 10.5. The topological polar surface area (TPSA) is 29.7 Å². The second kappa shape index (κ2) is 5.21. The lowest BCUT2D eigenvalue weighted by Crippen LogP contribution is -2.35. The van der Waals surface area contributed by atoms with Crippen molar-refractivity contribution in [1.29, 1.82) is 0 Å². The van der Waals surface area contributed by atoms with E-state index >= 15 is 0 Å². The Morgan fingerprint density at radius 1 is 0.950 bits per heavy atom. The summed E-state index contributed by atoms with van der Waals surface area (Å²) in [5.41, 5.74) is 5.82. The van der Waals surface area contributed by atoms with Gasteiger partial charge in [0.15, 0.2) is 13.4 Å². The van der Waals surface area contributed by atoms with Gasteiger partial charge in [0.1, 0.15) is 6.20 Å². The molecule has 3 aromatic rings. The summed E-state index contributed by atoms with van der Waals surface area (Å²) in [5.74, 6) is 0. The maximum atomic E-state index is 4.20. The molecule has 1 heterocycles. The predicted molar refractivity (Wildman–Crippen MR) is 78.8 cm³/mol. The SMILES string of the molecule is Cc1ccc(-c2ccccc2)cc1-c1cncn[n+]1C. The summed E-state index contributed by atoms with van der Waals surface area (Å²) in [6.07, 6.45) is 3.41. The van der Waals surface area contributed by atoms with Crippen molar-refractivity contribution < 1.29 is 4.68 Å². The molecule has 0 fully saturated rings. The number of benzene rings is 2. The van der Waals surface area contributed by atoms with Gasteiger partial charge in [0.05, 0.1) is 5.56 Å². The summed E-state index contributed by atoms with van der Waals surface area (Å²) >= 11 is 0. The van der Waals surface area contributed by atoms with E-state index in [-0.39, 0.29) is 0 Å². The molecule has 0 aliphatic heterocycles. The van der Waals surface area contributed by atoms with Crippen LogP contribution in [-0.4, -0.2) is 10.1 Å². The van der Waals surface area contributed by atoms with Gasteiger partial charge in [-0.3, -0.25) is 0 Å². The minimum absolute atomic E-state index is 1.02. The molecule has 2 aromatic carbocycles. The van der Waals surface area contributed by atoms with E-state index in [1.165, 1.54) is 16.7 Å². The van der Waals surface area contributed by atoms with Crippen LogP contribution >= 0.6 is 0 Å². The van der Waals surface area contributed by atoms with E-state index in [0.717, 1.165) is 11.3 Å². The number of hydrogen-bond donors (Lipinski definition) is 0. The Morgan fingerprint density at radius 2 is 1.75 bits per heavy atom. The van der Waals surface area contributed by atoms with E-state index in [4.69, 9.17) is 0 Å². The van der Waals surface area contributed by atoms with Gasteiger partial charge >= 0.3 is 0 Å². The average molecular weight is 262 g/mol. The molecule has 20 heavy (non-hydrogen) atoms. The summed E-state index contributed by atoms with van der Waals surface area (Å²) in [5, 5.41) is 4.20. The zero-order valence-corrected chi connectivity index (χ0v) is 11.6. The standard InChI is InChI=1S/C17H16N3/c1-13-8-9-15(14-6-4-3-5-7-14)10-16(13)17-11-18-12-19-20(17)2/h3-12H,1-2H3/q+1. The van der Waals surface area contributed by atoms with Crippen LogP contribution < -0.4 is 4.68 Å². The van der Waals surface area contributed by atoms with E-state index in [1.54, 1.807) is 6.33 Å². The molecule has 0 spiro atoms. The number of rotatable bonds is 2. The van der Waals surface area contributed by atoms with Gasteiger partial charge in [-0.05, 0) is 29.7 Å². The first-order valence-electron chi connectivity index (χ1n) is 6.58. The third-order valence-corrected chi connectivity index (χ3v) is 3.46. The molecular weight excluding hydrogens is 246 g/mol. The first kappa shape index (κ1) is 12.5. The van der Waals surface area contributed by atoms with Crippen molar-refractivity contribution in [1.82, 2.24) is 10.1 Å². The second-order valence-electron chi connectivity index (χ2n) is 4.81. The van der Waals surface area contributed by atoms with E-state index in [2.05, 4.69) is 59.5 Å². The smallest absolute Gasteiger partial charge is 0.232 e. The van der Waals surface area contributed by atoms with Crippen LogP contribution in [0.4, 0.5) is 0 Å². The van der Waals surface area contributed by atoms with E-state index in [1.807, 2.05) is 24.0 Å². The molecule has 3 heteroatoms. The number of aryl methyl sites for hydroxylation is 2. The Bertz CT molecular complexity index is 736. The molecule has 0 bridgehead atoms. The van der Waals surface area contributed by atoms with Gasteiger partial charge in [-0.1, -0.05) is 47.1 Å². The van der Waals surface area contributed by atoms with E-state index in [0.29, 0.717) is 0 Å². The van der Waals surface area contributed by atoms with Crippen molar-refractivity contribution in [3.63, 3.8) is 0 Å². The third-order valence-electron chi connectivity index (χ3n) is 3.46. The Labute approximate surface area is 118 Å². The Balaban J connectivity index is 2.15. The van der Waals surface area contributed by atoms with Gasteiger partial charge in [-0.25, -0.2) is 4.98 Å². The van der Waals surface area contributed by atoms with Crippen LogP contribution in [0.3, 0.4) is 0 Å². The molecule has 3 rings (SSSR count). The van der Waals surface area contributed by atoms with Crippen LogP contribution in [0.2, 0.25) is 0 Å². The van der Waals surface area contributed by atoms with Crippen molar-refractivity contribution in [3.05, 3.63) is 66.6 Å². The number of nitrogens with zero attached hydrogens (tertiary/aromatic N) is 3. The van der Waals surface area contributed by atoms with Gasteiger partial charge < -0.3 is 0 Å². The van der Waals surface area contributed by atoms with Gasteiger partial charge in [0.25, 0.3) is 5.69 Å². The van der Waals surface area contributed by atoms with Gasteiger partial charge in [0, 0.05) is 5.10 Å². The van der Waals surface area contributed by atoms with Crippen LogP contribution in [0.25, 0.3) is 22.4 Å². The largest absolute Gasteiger partial charge is 0.257 e. The zero-order chi connectivity index (χ0) is 13.9. The van der Waals surface area contributed by atoms with Crippen molar-refractivity contribution in [2.75, 3.05) is 0 Å². The third kappa shape index (κ3) is 2.30. The first-order chi connectivity index (χ1) is 9.75.